The number of likely N-dealkylation sites (tertiary alicyclic amines) is 2. The molecule has 0 bridgehead atoms. The maximum Gasteiger partial charge on any atom is 0.407 e. The number of carbonyl (C=O) groups excluding carboxylic acids is 4. The zero-order chi connectivity index (χ0) is 47.3. The molecule has 6 rings (SSSR count). The van der Waals surface area contributed by atoms with Gasteiger partial charge in [-0.1, -0.05) is 90.1 Å². The normalized spacial score (nSPS) is 23.4. The highest BCUT2D eigenvalue weighted by molar-refractivity contribution is 5.96. The SMILES string of the molecule is CN(C(=O)O)[C@H](C(=O)N1CCC[C@@]1(C(N)=O)c1cccc([C@@H]2CC[C@@H](c3cccc([C@]4(C(N)=O)CCCN4C(=O)[C@@H](N(C)C(=O)O)C(C)(C)C)c3)N2c2ccc(F)cc2)c1)C(C)(C)C. The Balaban J connectivity index is 1.43. The van der Waals surface area contributed by atoms with Crippen molar-refractivity contribution in [3.05, 3.63) is 101 Å². The van der Waals surface area contributed by atoms with E-state index in [1.54, 1.807) is 65.8 Å². The van der Waals surface area contributed by atoms with Gasteiger partial charge in [0, 0.05) is 32.9 Å². The summed E-state index contributed by atoms with van der Waals surface area (Å²) in [5.74, 6) is -2.93. The molecule has 0 radical (unpaired) electrons. The number of primary amides is 2. The molecule has 3 aromatic rings. The lowest BCUT2D eigenvalue weighted by molar-refractivity contribution is -0.150. The molecule has 0 aliphatic carbocycles. The molecule has 344 valence electrons. The van der Waals surface area contributed by atoms with Crippen molar-refractivity contribution in [2.45, 2.75) is 115 Å². The number of anilines is 1. The van der Waals surface area contributed by atoms with Crippen LogP contribution in [0.2, 0.25) is 0 Å². The van der Waals surface area contributed by atoms with Gasteiger partial charge in [-0.15, -0.1) is 0 Å². The quantitative estimate of drug-likeness (QED) is 0.164. The molecule has 3 fully saturated rings. The van der Waals surface area contributed by atoms with E-state index in [1.165, 1.54) is 36.0 Å². The lowest BCUT2D eigenvalue weighted by atomic mass is 9.81. The second kappa shape index (κ2) is 17.4. The van der Waals surface area contributed by atoms with Gasteiger partial charge in [0.15, 0.2) is 0 Å². The molecule has 3 saturated heterocycles. The smallest absolute Gasteiger partial charge is 0.407 e. The minimum atomic E-state index is -1.57. The summed E-state index contributed by atoms with van der Waals surface area (Å²) < 4.78 is 14.5. The summed E-state index contributed by atoms with van der Waals surface area (Å²) in [6, 6.07) is 18.0. The second-order valence-corrected chi connectivity index (χ2v) is 19.7. The zero-order valence-electron chi connectivity index (χ0n) is 38.0. The first kappa shape index (κ1) is 47.3. The first-order valence-corrected chi connectivity index (χ1v) is 21.8. The van der Waals surface area contributed by atoms with E-state index in [1.807, 2.05) is 36.4 Å². The van der Waals surface area contributed by atoms with Gasteiger partial charge in [0.25, 0.3) is 0 Å². The summed E-state index contributed by atoms with van der Waals surface area (Å²) in [4.78, 5) is 88.1. The van der Waals surface area contributed by atoms with Gasteiger partial charge in [0.2, 0.25) is 23.6 Å². The van der Waals surface area contributed by atoms with Gasteiger partial charge in [-0.3, -0.25) is 29.0 Å². The summed E-state index contributed by atoms with van der Waals surface area (Å²) in [6.07, 6.45) is 0.0121. The number of likely N-dealkylation sites (N-methyl/N-ethyl adjacent to an activating group) is 2. The summed E-state index contributed by atoms with van der Waals surface area (Å²) in [5.41, 5.74) is 11.0. The second-order valence-electron chi connectivity index (χ2n) is 19.7. The maximum atomic E-state index is 14.5. The van der Waals surface area contributed by atoms with Crippen LogP contribution >= 0.6 is 0 Å². The van der Waals surface area contributed by atoms with Crippen LogP contribution in [0, 0.1) is 16.6 Å². The predicted molar refractivity (Wildman–Crippen MR) is 238 cm³/mol. The van der Waals surface area contributed by atoms with Crippen LogP contribution in [0.4, 0.5) is 19.7 Å². The van der Waals surface area contributed by atoms with E-state index in [0.29, 0.717) is 42.5 Å². The summed E-state index contributed by atoms with van der Waals surface area (Å²) in [6.45, 7) is 11.0. The van der Waals surface area contributed by atoms with E-state index < -0.39 is 75.6 Å². The molecule has 3 heterocycles. The summed E-state index contributed by atoms with van der Waals surface area (Å²) >= 11 is 0. The topological polar surface area (TPSA) is 211 Å². The standard InChI is InChI=1S/C48H62FN7O8/c1-45(2,3)37(52(7)43(61)62)39(57)54-25-11-23-47(54,41(50)59)31-15-9-13-29(27-31)35-21-22-36(56(35)34-19-17-33(49)18-20-34)30-14-10-16-32(28-30)48(42(51)60)24-12-26-55(48)40(58)38(46(4,5)6)53(8)44(63)64/h9-10,13-20,27-28,35-38H,11-12,21-26H2,1-8H3,(H2,50,59)(H2,51,60)(H,61,62)(H,63,64)/t35-,36-,37+,38+,47-,48-/m0/s1. The number of benzene rings is 3. The van der Waals surface area contributed by atoms with Crippen molar-refractivity contribution in [2.24, 2.45) is 22.3 Å². The Hall–Kier alpha value is -6.19. The van der Waals surface area contributed by atoms with Crippen molar-refractivity contribution in [2.75, 3.05) is 32.1 Å². The molecule has 16 heteroatoms. The Labute approximate surface area is 374 Å². The van der Waals surface area contributed by atoms with Crippen molar-refractivity contribution < 1.29 is 43.4 Å². The molecule has 64 heavy (non-hydrogen) atoms. The Morgan fingerprint density at radius 1 is 0.656 bits per heavy atom. The van der Waals surface area contributed by atoms with E-state index in [9.17, 15) is 43.4 Å². The molecule has 0 spiro atoms. The Bertz CT molecular complexity index is 2170. The fourth-order valence-electron chi connectivity index (χ4n) is 10.8. The van der Waals surface area contributed by atoms with Crippen LogP contribution in [0.25, 0.3) is 0 Å². The lowest BCUT2D eigenvalue weighted by Crippen LogP contribution is -2.61. The number of amides is 6. The fourth-order valence-corrected chi connectivity index (χ4v) is 10.8. The molecule has 3 aliphatic heterocycles. The largest absolute Gasteiger partial charge is 0.465 e. The van der Waals surface area contributed by atoms with Crippen molar-refractivity contribution in [1.29, 1.82) is 0 Å². The maximum absolute atomic E-state index is 14.5. The lowest BCUT2D eigenvalue weighted by Gasteiger charge is -2.43. The molecule has 0 aromatic heterocycles. The van der Waals surface area contributed by atoms with Gasteiger partial charge < -0.3 is 36.4 Å². The highest BCUT2D eigenvalue weighted by atomic mass is 19.1. The fraction of sp³-hybridized carbons (Fsp3) is 0.500. The molecule has 0 unspecified atom stereocenters. The van der Waals surface area contributed by atoms with Crippen LogP contribution in [0.3, 0.4) is 0 Å². The molecular weight excluding hydrogens is 822 g/mol. The van der Waals surface area contributed by atoms with Gasteiger partial charge in [0.05, 0.1) is 12.1 Å². The highest BCUT2D eigenvalue weighted by Gasteiger charge is 2.55. The van der Waals surface area contributed by atoms with E-state index in [4.69, 9.17) is 11.5 Å². The Kier molecular flexibility index (Phi) is 12.9. The van der Waals surface area contributed by atoms with Crippen LogP contribution in [-0.2, 0) is 30.3 Å². The molecule has 3 aliphatic rings. The van der Waals surface area contributed by atoms with Crippen molar-refractivity contribution >= 4 is 41.5 Å². The van der Waals surface area contributed by atoms with Gasteiger partial charge in [0.1, 0.15) is 29.0 Å². The number of hydrogen-bond acceptors (Lipinski definition) is 7. The van der Waals surface area contributed by atoms with E-state index in [0.717, 1.165) is 20.9 Å². The van der Waals surface area contributed by atoms with Gasteiger partial charge in [-0.05, 0) is 95.9 Å². The minimum Gasteiger partial charge on any atom is -0.465 e. The Morgan fingerprint density at radius 3 is 1.36 bits per heavy atom. The van der Waals surface area contributed by atoms with Crippen LogP contribution in [0.15, 0.2) is 72.8 Å². The molecule has 6 amide bonds. The first-order chi connectivity index (χ1) is 29.9. The average Bonchev–Trinajstić information content (AvgIpc) is 3.99. The number of carboxylic acid groups (broad SMARTS) is 2. The number of carbonyl (C=O) groups is 6. The van der Waals surface area contributed by atoms with Gasteiger partial charge in [-0.2, -0.15) is 0 Å². The first-order valence-electron chi connectivity index (χ1n) is 21.8. The monoisotopic (exact) mass is 883 g/mol. The van der Waals surface area contributed by atoms with Gasteiger partial charge in [-0.25, -0.2) is 14.0 Å². The molecule has 6 N–H and O–H groups in total. The van der Waals surface area contributed by atoms with Crippen LogP contribution in [0.5, 0.6) is 0 Å². The third kappa shape index (κ3) is 8.22. The Morgan fingerprint density at radius 2 is 1.03 bits per heavy atom. The van der Waals surface area contributed by atoms with Crippen LogP contribution in [-0.4, -0.2) is 105 Å². The third-order valence-corrected chi connectivity index (χ3v) is 13.6. The van der Waals surface area contributed by atoms with Crippen molar-refractivity contribution in [3.63, 3.8) is 0 Å². The number of hydrogen-bond donors (Lipinski definition) is 4. The number of nitrogens with two attached hydrogens (primary N) is 2. The van der Waals surface area contributed by atoms with Gasteiger partial charge >= 0.3 is 12.2 Å². The zero-order valence-corrected chi connectivity index (χ0v) is 38.0. The van der Waals surface area contributed by atoms with Crippen molar-refractivity contribution in [3.8, 4) is 0 Å². The van der Waals surface area contributed by atoms with Crippen LogP contribution < -0.4 is 16.4 Å². The molecule has 0 saturated carbocycles. The molecular formula is C48H62FN7O8. The van der Waals surface area contributed by atoms with Crippen molar-refractivity contribution in [1.82, 2.24) is 19.6 Å². The minimum absolute atomic E-state index is 0.193. The third-order valence-electron chi connectivity index (χ3n) is 13.6. The molecule has 6 atom stereocenters. The molecule has 15 nitrogen and oxygen atoms in total. The summed E-state index contributed by atoms with van der Waals surface area (Å²) in [5, 5.41) is 19.9. The number of rotatable bonds is 11. The van der Waals surface area contributed by atoms with Crippen LogP contribution in [0.1, 0.15) is 114 Å². The number of nitrogens with zero attached hydrogens (tertiary/aromatic N) is 5. The average molecular weight is 884 g/mol. The van der Waals surface area contributed by atoms with E-state index >= 15 is 0 Å². The number of halogens is 1. The molecule has 3 aromatic carbocycles. The summed E-state index contributed by atoms with van der Waals surface area (Å²) in [7, 11) is 2.69. The predicted octanol–water partition coefficient (Wildman–Crippen LogP) is 6.56. The highest BCUT2D eigenvalue weighted by Crippen LogP contribution is 2.50. The van der Waals surface area contributed by atoms with E-state index in [2.05, 4.69) is 4.90 Å². The van der Waals surface area contributed by atoms with E-state index in [-0.39, 0.29) is 38.0 Å².